The number of nitro groups is 1. The molecular weight excluding hydrogens is 336 g/mol. The van der Waals surface area contributed by atoms with Gasteiger partial charge in [0.25, 0.3) is 5.69 Å². The fourth-order valence-corrected chi connectivity index (χ4v) is 2.36. The summed E-state index contributed by atoms with van der Waals surface area (Å²) in [7, 11) is 0. The number of hydrogen-bond acceptors (Lipinski definition) is 6. The Kier molecular flexibility index (Phi) is 6.43. The van der Waals surface area contributed by atoms with Gasteiger partial charge in [-0.05, 0) is 30.5 Å². The number of Topliss-reactive ketones (excluding diaryl/α,β-unsaturated/α-hetero) is 1. The van der Waals surface area contributed by atoms with Crippen LogP contribution in [0.1, 0.15) is 46.0 Å². The van der Waals surface area contributed by atoms with E-state index in [0.29, 0.717) is 5.56 Å². The molecule has 2 rings (SSSR count). The first-order chi connectivity index (χ1) is 12.4. The topological polar surface area (TPSA) is 113 Å². The fraction of sp³-hybridized carbons (Fsp3) is 0.263. The molecule has 0 fully saturated rings. The fourth-order valence-electron chi connectivity index (χ4n) is 2.36. The van der Waals surface area contributed by atoms with Crippen LogP contribution >= 0.6 is 0 Å². The Bertz CT molecular complexity index is 815. The molecule has 0 unspecified atom stereocenters. The molecule has 0 aliphatic heterocycles. The highest BCUT2D eigenvalue weighted by Gasteiger charge is 2.17. The lowest BCUT2D eigenvalue weighted by atomic mass is 10.0. The standard InChI is InChI=1S/C19H20N2O5/c1-2-3-4-13-5-7-14(8-6-13)18(22)12-26-19(23)15-9-10-16(20)17(11-15)21(24)25/h5-11H,2-4,12,20H2,1H3. The predicted molar refractivity (Wildman–Crippen MR) is 97.2 cm³/mol. The maximum Gasteiger partial charge on any atom is 0.338 e. The van der Waals surface area contributed by atoms with E-state index in [-0.39, 0.29) is 22.7 Å². The van der Waals surface area contributed by atoms with Crippen molar-refractivity contribution >= 4 is 23.1 Å². The molecule has 0 amide bonds. The third-order valence-electron chi connectivity index (χ3n) is 3.89. The highest BCUT2D eigenvalue weighted by atomic mass is 16.6. The minimum atomic E-state index is -0.819. The molecule has 0 spiro atoms. The van der Waals surface area contributed by atoms with Crippen molar-refractivity contribution in [3.05, 3.63) is 69.3 Å². The van der Waals surface area contributed by atoms with Crippen molar-refractivity contribution < 1.29 is 19.2 Å². The van der Waals surface area contributed by atoms with Crippen molar-refractivity contribution in [3.63, 3.8) is 0 Å². The molecule has 0 saturated carbocycles. The molecular formula is C19H20N2O5. The van der Waals surface area contributed by atoms with Gasteiger partial charge in [-0.2, -0.15) is 0 Å². The summed E-state index contributed by atoms with van der Waals surface area (Å²) in [5.74, 6) is -1.16. The van der Waals surface area contributed by atoms with E-state index in [9.17, 15) is 19.7 Å². The van der Waals surface area contributed by atoms with Gasteiger partial charge in [0.2, 0.25) is 0 Å². The zero-order valence-electron chi connectivity index (χ0n) is 14.4. The number of unbranched alkanes of at least 4 members (excludes halogenated alkanes) is 1. The molecule has 2 aromatic carbocycles. The number of ether oxygens (including phenoxy) is 1. The minimum Gasteiger partial charge on any atom is -0.454 e. The quantitative estimate of drug-likeness (QED) is 0.254. The molecule has 136 valence electrons. The van der Waals surface area contributed by atoms with E-state index in [0.717, 1.165) is 30.9 Å². The van der Waals surface area contributed by atoms with Gasteiger partial charge in [-0.3, -0.25) is 14.9 Å². The summed E-state index contributed by atoms with van der Waals surface area (Å²) in [5.41, 5.74) is 6.61. The number of anilines is 1. The normalized spacial score (nSPS) is 10.3. The van der Waals surface area contributed by atoms with E-state index in [2.05, 4.69) is 6.92 Å². The molecule has 0 bridgehead atoms. The second kappa shape index (κ2) is 8.75. The molecule has 2 aromatic rings. The number of aryl methyl sites for hydroxylation is 1. The van der Waals surface area contributed by atoms with Crippen molar-refractivity contribution in [2.75, 3.05) is 12.3 Å². The molecule has 26 heavy (non-hydrogen) atoms. The highest BCUT2D eigenvalue weighted by Crippen LogP contribution is 2.22. The predicted octanol–water partition coefficient (Wildman–Crippen LogP) is 3.56. The van der Waals surface area contributed by atoms with Crippen LogP contribution in [0.15, 0.2) is 42.5 Å². The lowest BCUT2D eigenvalue weighted by Gasteiger charge is -2.06. The summed E-state index contributed by atoms with van der Waals surface area (Å²) < 4.78 is 4.96. The first-order valence-electron chi connectivity index (χ1n) is 8.25. The molecule has 0 saturated heterocycles. The first-order valence-corrected chi connectivity index (χ1v) is 8.25. The van der Waals surface area contributed by atoms with Gasteiger partial charge >= 0.3 is 5.97 Å². The summed E-state index contributed by atoms with van der Waals surface area (Å²) in [5, 5.41) is 10.9. The lowest BCUT2D eigenvalue weighted by Crippen LogP contribution is -2.14. The summed E-state index contributed by atoms with van der Waals surface area (Å²) in [6.45, 7) is 1.67. The van der Waals surface area contributed by atoms with Crippen LogP contribution in [0.25, 0.3) is 0 Å². The van der Waals surface area contributed by atoms with Gasteiger partial charge in [0.05, 0.1) is 10.5 Å². The number of nitrogens with two attached hydrogens (primary N) is 1. The lowest BCUT2D eigenvalue weighted by molar-refractivity contribution is -0.383. The third kappa shape index (κ3) is 4.89. The number of carbonyl (C=O) groups excluding carboxylic acids is 2. The molecule has 0 aromatic heterocycles. The van der Waals surface area contributed by atoms with Gasteiger partial charge in [0, 0.05) is 11.6 Å². The first kappa shape index (κ1) is 19.1. The average Bonchev–Trinajstić information content (AvgIpc) is 2.64. The van der Waals surface area contributed by atoms with E-state index < -0.39 is 17.5 Å². The SMILES string of the molecule is CCCCc1ccc(C(=O)COC(=O)c2ccc(N)c([N+](=O)[O-])c2)cc1. The molecule has 0 heterocycles. The van der Waals surface area contributed by atoms with Crippen LogP contribution in [0.3, 0.4) is 0 Å². The van der Waals surface area contributed by atoms with Crippen LogP contribution in [0.2, 0.25) is 0 Å². The van der Waals surface area contributed by atoms with E-state index in [1.54, 1.807) is 12.1 Å². The van der Waals surface area contributed by atoms with Crippen LogP contribution in [0, 0.1) is 10.1 Å². The Hall–Kier alpha value is -3.22. The number of rotatable bonds is 8. The number of benzene rings is 2. The second-order valence-corrected chi connectivity index (χ2v) is 5.83. The van der Waals surface area contributed by atoms with Crippen molar-refractivity contribution in [2.45, 2.75) is 26.2 Å². The second-order valence-electron chi connectivity index (χ2n) is 5.83. The summed E-state index contributed by atoms with van der Waals surface area (Å²) in [6.07, 6.45) is 3.13. The molecule has 2 N–H and O–H groups in total. The summed E-state index contributed by atoms with van der Waals surface area (Å²) in [6, 6.07) is 10.8. The van der Waals surface area contributed by atoms with Crippen molar-refractivity contribution in [1.82, 2.24) is 0 Å². The number of nitro benzene ring substituents is 1. The van der Waals surface area contributed by atoms with E-state index in [1.165, 1.54) is 12.1 Å². The third-order valence-corrected chi connectivity index (χ3v) is 3.89. The summed E-state index contributed by atoms with van der Waals surface area (Å²) in [4.78, 5) is 34.3. The zero-order chi connectivity index (χ0) is 19.1. The van der Waals surface area contributed by atoms with Crippen molar-refractivity contribution in [1.29, 1.82) is 0 Å². The van der Waals surface area contributed by atoms with Gasteiger partial charge in [-0.25, -0.2) is 4.79 Å². The number of ketones is 1. The monoisotopic (exact) mass is 356 g/mol. The Balaban J connectivity index is 1.97. The van der Waals surface area contributed by atoms with Crippen molar-refractivity contribution in [3.8, 4) is 0 Å². The van der Waals surface area contributed by atoms with Crippen LogP contribution in [-0.4, -0.2) is 23.3 Å². The van der Waals surface area contributed by atoms with Crippen molar-refractivity contribution in [2.24, 2.45) is 0 Å². The number of nitrogen functional groups attached to an aromatic ring is 1. The maximum absolute atomic E-state index is 12.1. The Labute approximate surface area is 150 Å². The van der Waals surface area contributed by atoms with Crippen LogP contribution in [-0.2, 0) is 11.2 Å². The van der Waals surface area contributed by atoms with E-state index >= 15 is 0 Å². The maximum atomic E-state index is 12.1. The smallest absolute Gasteiger partial charge is 0.338 e. The van der Waals surface area contributed by atoms with E-state index in [4.69, 9.17) is 10.5 Å². The van der Waals surface area contributed by atoms with Gasteiger partial charge in [0.1, 0.15) is 5.69 Å². The number of carbonyl (C=O) groups is 2. The molecule has 7 nitrogen and oxygen atoms in total. The molecule has 0 aliphatic carbocycles. The van der Waals surface area contributed by atoms with Gasteiger partial charge in [-0.15, -0.1) is 0 Å². The number of esters is 1. The highest BCUT2D eigenvalue weighted by molar-refractivity contribution is 5.99. The number of hydrogen-bond donors (Lipinski definition) is 1. The van der Waals surface area contributed by atoms with Gasteiger partial charge in [0.15, 0.2) is 12.4 Å². The van der Waals surface area contributed by atoms with Crippen LogP contribution < -0.4 is 5.73 Å². The Morgan fingerprint density at radius 3 is 2.38 bits per heavy atom. The zero-order valence-corrected chi connectivity index (χ0v) is 14.4. The number of nitrogens with zero attached hydrogens (tertiary/aromatic N) is 1. The Morgan fingerprint density at radius 1 is 1.12 bits per heavy atom. The molecule has 0 radical (unpaired) electrons. The molecule has 0 atom stereocenters. The van der Waals surface area contributed by atoms with Gasteiger partial charge in [-0.1, -0.05) is 37.6 Å². The van der Waals surface area contributed by atoms with Crippen LogP contribution in [0.5, 0.6) is 0 Å². The van der Waals surface area contributed by atoms with Crippen LogP contribution in [0.4, 0.5) is 11.4 Å². The summed E-state index contributed by atoms with van der Waals surface area (Å²) >= 11 is 0. The Morgan fingerprint density at radius 2 is 1.77 bits per heavy atom. The minimum absolute atomic E-state index is 0.0337. The van der Waals surface area contributed by atoms with E-state index in [1.807, 2.05) is 12.1 Å². The largest absolute Gasteiger partial charge is 0.454 e. The average molecular weight is 356 g/mol. The van der Waals surface area contributed by atoms with Gasteiger partial charge < -0.3 is 10.5 Å². The molecule has 7 heteroatoms. The molecule has 0 aliphatic rings.